The molecule has 0 aliphatic heterocycles. The Bertz CT molecular complexity index is 656. The van der Waals surface area contributed by atoms with Crippen LogP contribution in [0.3, 0.4) is 0 Å². The minimum atomic E-state index is -0.291. The van der Waals surface area contributed by atoms with Crippen LogP contribution in [0.1, 0.15) is 11.1 Å². The number of hydrogen-bond acceptors (Lipinski definition) is 1. The highest BCUT2D eigenvalue weighted by atomic mass is 35.5. The summed E-state index contributed by atoms with van der Waals surface area (Å²) in [5.41, 5.74) is 1.87. The maximum Gasteiger partial charge on any atom is 0.318 e. The molecule has 2 amide bonds. The van der Waals surface area contributed by atoms with E-state index < -0.39 is 0 Å². The molecule has 2 N–H and O–H groups in total. The van der Waals surface area contributed by atoms with Gasteiger partial charge in [-0.3, -0.25) is 0 Å². The number of amides is 2. The molecule has 2 aromatic rings. The van der Waals surface area contributed by atoms with Crippen molar-refractivity contribution < 1.29 is 9.18 Å². The van der Waals surface area contributed by atoms with Gasteiger partial charge in [0.05, 0.1) is 0 Å². The molecule has 0 aliphatic rings. The Morgan fingerprint density at radius 2 is 1.95 bits per heavy atom. The van der Waals surface area contributed by atoms with Crippen LogP contribution in [-0.4, -0.2) is 12.6 Å². The van der Waals surface area contributed by atoms with Crippen molar-refractivity contribution in [1.29, 1.82) is 0 Å². The first-order chi connectivity index (χ1) is 10.6. The van der Waals surface area contributed by atoms with E-state index in [-0.39, 0.29) is 11.8 Å². The molecule has 5 heteroatoms. The van der Waals surface area contributed by atoms with Crippen molar-refractivity contribution in [2.75, 3.05) is 6.54 Å². The van der Waals surface area contributed by atoms with E-state index in [1.165, 1.54) is 12.1 Å². The second-order valence-corrected chi connectivity index (χ2v) is 5.10. The van der Waals surface area contributed by atoms with Crippen LogP contribution in [0.2, 0.25) is 5.02 Å². The first-order valence-corrected chi connectivity index (χ1v) is 7.22. The number of benzene rings is 2. The smallest absolute Gasteiger partial charge is 0.318 e. The van der Waals surface area contributed by atoms with Crippen LogP contribution in [-0.2, 0) is 6.42 Å². The summed E-state index contributed by atoms with van der Waals surface area (Å²) in [6.07, 6.45) is 3.95. The standard InChI is InChI=1S/C17H16ClFN2O/c18-15-3-1-2-14(12-15)9-11-21-17(22)20-10-8-13-4-6-16(19)7-5-13/h1-7,9,11-12H,8,10H2,(H2,20,21,22)/b11-9+. The molecule has 0 radical (unpaired) electrons. The summed E-state index contributed by atoms with van der Waals surface area (Å²) >= 11 is 5.87. The third-order valence-corrected chi connectivity index (χ3v) is 3.19. The first kappa shape index (κ1) is 16.0. The van der Waals surface area contributed by atoms with Crippen LogP contribution in [0, 0.1) is 5.82 Å². The van der Waals surface area contributed by atoms with Gasteiger partial charge < -0.3 is 10.6 Å². The summed E-state index contributed by atoms with van der Waals surface area (Å²) in [5, 5.41) is 5.98. The highest BCUT2D eigenvalue weighted by Crippen LogP contribution is 2.11. The number of carbonyl (C=O) groups is 1. The van der Waals surface area contributed by atoms with Crippen molar-refractivity contribution in [3.8, 4) is 0 Å². The van der Waals surface area contributed by atoms with E-state index in [0.717, 1.165) is 11.1 Å². The molecule has 0 fully saturated rings. The van der Waals surface area contributed by atoms with Crippen LogP contribution in [0.15, 0.2) is 54.7 Å². The number of rotatable bonds is 5. The lowest BCUT2D eigenvalue weighted by atomic mass is 10.1. The van der Waals surface area contributed by atoms with Crippen molar-refractivity contribution in [3.63, 3.8) is 0 Å². The fraction of sp³-hybridized carbons (Fsp3) is 0.118. The Morgan fingerprint density at radius 1 is 1.18 bits per heavy atom. The second-order valence-electron chi connectivity index (χ2n) is 4.67. The Hall–Kier alpha value is -2.33. The maximum absolute atomic E-state index is 12.7. The third-order valence-electron chi connectivity index (χ3n) is 2.95. The molecule has 0 unspecified atom stereocenters. The first-order valence-electron chi connectivity index (χ1n) is 6.84. The van der Waals surface area contributed by atoms with Crippen molar-refractivity contribution in [3.05, 3.63) is 76.7 Å². The van der Waals surface area contributed by atoms with Gasteiger partial charge in [-0.1, -0.05) is 35.9 Å². The molecule has 0 spiro atoms. The fourth-order valence-electron chi connectivity index (χ4n) is 1.85. The molecule has 0 bridgehead atoms. The summed E-state index contributed by atoms with van der Waals surface area (Å²) in [6.45, 7) is 0.475. The maximum atomic E-state index is 12.7. The summed E-state index contributed by atoms with van der Waals surface area (Å²) in [6, 6.07) is 13.2. The highest BCUT2D eigenvalue weighted by molar-refractivity contribution is 6.30. The lowest BCUT2D eigenvalue weighted by Crippen LogP contribution is -2.33. The molecule has 0 aliphatic carbocycles. The summed E-state index contributed by atoms with van der Waals surface area (Å²) in [5.74, 6) is -0.263. The third kappa shape index (κ3) is 5.58. The predicted octanol–water partition coefficient (Wildman–Crippen LogP) is 3.99. The van der Waals surface area contributed by atoms with E-state index in [1.807, 2.05) is 12.1 Å². The molecule has 114 valence electrons. The SMILES string of the molecule is O=C(N/C=C/c1cccc(Cl)c1)NCCc1ccc(F)cc1. The highest BCUT2D eigenvalue weighted by Gasteiger charge is 1.98. The molecule has 0 saturated heterocycles. The van der Waals surface area contributed by atoms with Gasteiger partial charge in [-0.15, -0.1) is 0 Å². The zero-order valence-electron chi connectivity index (χ0n) is 11.9. The van der Waals surface area contributed by atoms with Crippen LogP contribution >= 0.6 is 11.6 Å². The normalized spacial score (nSPS) is 10.6. The van der Waals surface area contributed by atoms with Gasteiger partial charge in [0.2, 0.25) is 0 Å². The molecule has 3 nitrogen and oxygen atoms in total. The predicted molar refractivity (Wildman–Crippen MR) is 87.1 cm³/mol. The van der Waals surface area contributed by atoms with E-state index >= 15 is 0 Å². The average Bonchev–Trinajstić information content (AvgIpc) is 2.49. The molecule has 0 heterocycles. The van der Waals surface area contributed by atoms with Crippen molar-refractivity contribution in [1.82, 2.24) is 10.6 Å². The fourth-order valence-corrected chi connectivity index (χ4v) is 2.05. The van der Waals surface area contributed by atoms with Gasteiger partial charge in [-0.25, -0.2) is 9.18 Å². The lowest BCUT2D eigenvalue weighted by Gasteiger charge is -2.05. The van der Waals surface area contributed by atoms with E-state index in [1.54, 1.807) is 36.5 Å². The average molecular weight is 319 g/mol. The minimum Gasteiger partial charge on any atom is -0.338 e. The number of nitrogens with one attached hydrogen (secondary N) is 2. The van der Waals surface area contributed by atoms with Crippen LogP contribution < -0.4 is 10.6 Å². The van der Waals surface area contributed by atoms with Gasteiger partial charge in [0.1, 0.15) is 5.82 Å². The molecule has 2 rings (SSSR count). The molecule has 0 saturated carbocycles. The number of halogens is 2. The van der Waals surface area contributed by atoms with Crippen LogP contribution in [0.25, 0.3) is 6.08 Å². The van der Waals surface area contributed by atoms with E-state index in [0.29, 0.717) is 18.0 Å². The van der Waals surface area contributed by atoms with E-state index in [9.17, 15) is 9.18 Å². The summed E-state index contributed by atoms with van der Waals surface area (Å²) < 4.78 is 12.7. The summed E-state index contributed by atoms with van der Waals surface area (Å²) in [4.78, 5) is 11.6. The minimum absolute atomic E-state index is 0.263. The number of carbonyl (C=O) groups excluding carboxylic acids is 1. The number of hydrogen-bond donors (Lipinski definition) is 2. The molecule has 22 heavy (non-hydrogen) atoms. The van der Waals surface area contributed by atoms with Crippen molar-refractivity contribution >= 4 is 23.7 Å². The van der Waals surface area contributed by atoms with E-state index in [2.05, 4.69) is 10.6 Å². The number of urea groups is 1. The van der Waals surface area contributed by atoms with Crippen molar-refractivity contribution in [2.45, 2.75) is 6.42 Å². The van der Waals surface area contributed by atoms with Gasteiger partial charge in [-0.05, 0) is 47.9 Å². The lowest BCUT2D eigenvalue weighted by molar-refractivity contribution is 0.244. The Balaban J connectivity index is 1.70. The molecule has 0 aromatic heterocycles. The molecular formula is C17H16ClFN2O. The van der Waals surface area contributed by atoms with Crippen molar-refractivity contribution in [2.24, 2.45) is 0 Å². The zero-order chi connectivity index (χ0) is 15.8. The van der Waals surface area contributed by atoms with E-state index in [4.69, 9.17) is 11.6 Å². The van der Waals surface area contributed by atoms with Crippen LogP contribution in [0.5, 0.6) is 0 Å². The van der Waals surface area contributed by atoms with Gasteiger partial charge >= 0.3 is 6.03 Å². The van der Waals surface area contributed by atoms with Crippen LogP contribution in [0.4, 0.5) is 9.18 Å². The summed E-state index contributed by atoms with van der Waals surface area (Å²) in [7, 11) is 0. The topological polar surface area (TPSA) is 41.1 Å². The van der Waals surface area contributed by atoms with Gasteiger partial charge in [-0.2, -0.15) is 0 Å². The Morgan fingerprint density at radius 3 is 2.68 bits per heavy atom. The van der Waals surface area contributed by atoms with Gasteiger partial charge in [0.15, 0.2) is 0 Å². The second kappa shape index (κ2) is 8.20. The Labute approximate surface area is 133 Å². The Kier molecular flexibility index (Phi) is 5.98. The quantitative estimate of drug-likeness (QED) is 0.860. The monoisotopic (exact) mass is 318 g/mol. The molecule has 2 aromatic carbocycles. The largest absolute Gasteiger partial charge is 0.338 e. The van der Waals surface area contributed by atoms with Gasteiger partial charge in [0.25, 0.3) is 0 Å². The zero-order valence-corrected chi connectivity index (χ0v) is 12.6. The molecular weight excluding hydrogens is 303 g/mol. The van der Waals surface area contributed by atoms with Gasteiger partial charge in [0, 0.05) is 17.8 Å². The molecule has 0 atom stereocenters.